The molecule has 0 aromatic heterocycles. The first-order valence-electron chi connectivity index (χ1n) is 8.60. The Labute approximate surface area is 166 Å². The number of hydrogen-bond donors (Lipinski definition) is 2. The molecule has 1 aromatic rings. The molecule has 1 aliphatic heterocycles. The summed E-state index contributed by atoms with van der Waals surface area (Å²) < 4.78 is 24.8. The molecule has 0 spiro atoms. The molecule has 1 fully saturated rings. The van der Waals surface area contributed by atoms with Crippen molar-refractivity contribution in [2.75, 3.05) is 33.2 Å². The van der Waals surface area contributed by atoms with Crippen LogP contribution < -0.4 is 10.6 Å². The Bertz CT molecular complexity index is 514. The van der Waals surface area contributed by atoms with Crippen molar-refractivity contribution in [3.8, 4) is 0 Å². The van der Waals surface area contributed by atoms with Crippen LogP contribution in [0, 0.1) is 6.92 Å². The van der Waals surface area contributed by atoms with Gasteiger partial charge in [-0.25, -0.2) is 8.78 Å². The van der Waals surface area contributed by atoms with E-state index in [4.69, 9.17) is 0 Å². The van der Waals surface area contributed by atoms with Crippen molar-refractivity contribution in [2.45, 2.75) is 38.7 Å². The van der Waals surface area contributed by atoms with E-state index in [1.807, 2.05) is 4.90 Å². The summed E-state index contributed by atoms with van der Waals surface area (Å²) in [6.07, 6.45) is 0.426. The molecule has 1 saturated heterocycles. The largest absolute Gasteiger partial charge is 0.356 e. The molecular formula is C18H29F2IN4. The fraction of sp³-hybridized carbons (Fsp3) is 0.611. The SMILES string of the molecule is CN=C(NCCc1ccc(C)cc1)NC1CCN(CC(F)F)CC1.I. The highest BCUT2D eigenvalue weighted by Crippen LogP contribution is 2.11. The molecule has 1 heterocycles. The van der Waals surface area contributed by atoms with Gasteiger partial charge in [-0.2, -0.15) is 0 Å². The monoisotopic (exact) mass is 466 g/mol. The summed E-state index contributed by atoms with van der Waals surface area (Å²) in [5.74, 6) is 0.787. The number of aryl methyl sites for hydroxylation is 1. The zero-order valence-corrected chi connectivity index (χ0v) is 17.3. The first-order chi connectivity index (χ1) is 11.6. The van der Waals surface area contributed by atoms with Crippen molar-refractivity contribution in [3.63, 3.8) is 0 Å². The van der Waals surface area contributed by atoms with Crippen LogP contribution in [0.25, 0.3) is 0 Å². The first kappa shape index (κ1) is 22.1. The highest BCUT2D eigenvalue weighted by Gasteiger charge is 2.21. The third-order valence-corrected chi connectivity index (χ3v) is 4.37. The predicted octanol–water partition coefficient (Wildman–Crippen LogP) is 3.05. The van der Waals surface area contributed by atoms with Crippen molar-refractivity contribution < 1.29 is 8.78 Å². The number of rotatable bonds is 6. The van der Waals surface area contributed by atoms with Crippen LogP contribution in [0.4, 0.5) is 8.78 Å². The summed E-state index contributed by atoms with van der Waals surface area (Å²) in [6.45, 7) is 4.20. The van der Waals surface area contributed by atoms with Crippen LogP contribution in [0.5, 0.6) is 0 Å². The lowest BCUT2D eigenvalue weighted by Gasteiger charge is -2.32. The number of alkyl halides is 2. The van der Waals surface area contributed by atoms with Crippen LogP contribution in [0.2, 0.25) is 0 Å². The van der Waals surface area contributed by atoms with Crippen molar-refractivity contribution in [2.24, 2.45) is 4.99 Å². The Hall–Kier alpha value is -0.960. The quantitative estimate of drug-likeness (QED) is 0.385. The minimum absolute atomic E-state index is 0. The number of hydrogen-bond acceptors (Lipinski definition) is 2. The van der Waals surface area contributed by atoms with Crippen molar-refractivity contribution in [1.82, 2.24) is 15.5 Å². The number of benzene rings is 1. The fourth-order valence-electron chi connectivity index (χ4n) is 2.92. The molecule has 2 rings (SSSR count). The summed E-state index contributed by atoms with van der Waals surface area (Å²) in [5, 5.41) is 6.73. The molecule has 4 nitrogen and oxygen atoms in total. The number of likely N-dealkylation sites (tertiary alicyclic amines) is 1. The Kier molecular flexibility index (Phi) is 10.3. The van der Waals surface area contributed by atoms with Crippen LogP contribution in [0.15, 0.2) is 29.3 Å². The first-order valence-corrected chi connectivity index (χ1v) is 8.60. The average Bonchev–Trinajstić information content (AvgIpc) is 2.57. The third-order valence-electron chi connectivity index (χ3n) is 4.37. The lowest BCUT2D eigenvalue weighted by molar-refractivity contribution is 0.0744. The Balaban J connectivity index is 0.00000312. The molecule has 7 heteroatoms. The molecule has 0 amide bonds. The van der Waals surface area contributed by atoms with Gasteiger partial charge in [0.05, 0.1) is 6.54 Å². The van der Waals surface area contributed by atoms with Gasteiger partial charge < -0.3 is 10.6 Å². The number of halogens is 3. The zero-order valence-electron chi connectivity index (χ0n) is 15.0. The van der Waals surface area contributed by atoms with Gasteiger partial charge in [-0.3, -0.25) is 9.89 Å². The lowest BCUT2D eigenvalue weighted by atomic mass is 10.1. The molecule has 0 radical (unpaired) electrons. The van der Waals surface area contributed by atoms with Crippen molar-refractivity contribution >= 4 is 29.9 Å². The smallest absolute Gasteiger partial charge is 0.251 e. The maximum Gasteiger partial charge on any atom is 0.251 e. The highest BCUT2D eigenvalue weighted by atomic mass is 127. The van der Waals surface area contributed by atoms with Gasteiger partial charge in [-0.1, -0.05) is 29.8 Å². The number of nitrogens with zero attached hydrogens (tertiary/aromatic N) is 2. The normalized spacial score (nSPS) is 16.6. The van der Waals surface area contributed by atoms with E-state index in [0.29, 0.717) is 19.1 Å². The van der Waals surface area contributed by atoms with E-state index >= 15 is 0 Å². The number of aliphatic imine (C=N–C) groups is 1. The molecule has 0 unspecified atom stereocenters. The summed E-state index contributed by atoms with van der Waals surface area (Å²) in [4.78, 5) is 6.09. The molecule has 0 atom stereocenters. The van der Waals surface area contributed by atoms with Crippen LogP contribution in [-0.2, 0) is 6.42 Å². The summed E-state index contributed by atoms with van der Waals surface area (Å²) in [5.41, 5.74) is 2.56. The summed E-state index contributed by atoms with van der Waals surface area (Å²) in [6, 6.07) is 8.83. The number of nitrogens with one attached hydrogen (secondary N) is 2. The number of guanidine groups is 1. The second-order valence-corrected chi connectivity index (χ2v) is 6.34. The van der Waals surface area contributed by atoms with Crippen molar-refractivity contribution in [3.05, 3.63) is 35.4 Å². The van der Waals surface area contributed by atoms with E-state index in [9.17, 15) is 8.78 Å². The summed E-state index contributed by atoms with van der Waals surface area (Å²) >= 11 is 0. The zero-order chi connectivity index (χ0) is 17.4. The number of piperidine rings is 1. The highest BCUT2D eigenvalue weighted by molar-refractivity contribution is 14.0. The van der Waals surface area contributed by atoms with Gasteiger partial charge in [0, 0.05) is 32.7 Å². The molecule has 25 heavy (non-hydrogen) atoms. The van der Waals surface area contributed by atoms with E-state index in [-0.39, 0.29) is 30.5 Å². The Morgan fingerprint density at radius 2 is 1.88 bits per heavy atom. The molecule has 1 aliphatic rings. The predicted molar refractivity (Wildman–Crippen MR) is 110 cm³/mol. The molecule has 0 bridgehead atoms. The Morgan fingerprint density at radius 1 is 1.24 bits per heavy atom. The molecular weight excluding hydrogens is 437 g/mol. The minimum atomic E-state index is -2.24. The van der Waals surface area contributed by atoms with E-state index < -0.39 is 6.43 Å². The van der Waals surface area contributed by atoms with Crippen LogP contribution >= 0.6 is 24.0 Å². The lowest BCUT2D eigenvalue weighted by Crippen LogP contribution is -2.49. The molecule has 0 aliphatic carbocycles. The maximum atomic E-state index is 12.4. The third kappa shape index (κ3) is 8.31. The van der Waals surface area contributed by atoms with Crippen molar-refractivity contribution in [1.29, 1.82) is 0 Å². The summed E-state index contributed by atoms with van der Waals surface area (Å²) in [7, 11) is 1.76. The van der Waals surface area contributed by atoms with E-state index in [0.717, 1.165) is 31.8 Å². The van der Waals surface area contributed by atoms with Crippen LogP contribution in [0.1, 0.15) is 24.0 Å². The fourth-order valence-corrected chi connectivity index (χ4v) is 2.92. The van der Waals surface area contributed by atoms with Gasteiger partial charge in [0.15, 0.2) is 5.96 Å². The topological polar surface area (TPSA) is 39.7 Å². The van der Waals surface area contributed by atoms with Gasteiger partial charge in [-0.15, -0.1) is 24.0 Å². The van der Waals surface area contributed by atoms with Gasteiger partial charge in [0.25, 0.3) is 6.43 Å². The maximum absolute atomic E-state index is 12.4. The second kappa shape index (κ2) is 11.6. The van der Waals surface area contributed by atoms with E-state index in [1.54, 1.807) is 7.05 Å². The second-order valence-electron chi connectivity index (χ2n) is 6.34. The van der Waals surface area contributed by atoms with E-state index in [1.165, 1.54) is 11.1 Å². The van der Waals surface area contributed by atoms with Crippen LogP contribution in [0.3, 0.4) is 0 Å². The van der Waals surface area contributed by atoms with Gasteiger partial charge in [-0.05, 0) is 31.7 Å². The van der Waals surface area contributed by atoms with Gasteiger partial charge in [0.1, 0.15) is 0 Å². The minimum Gasteiger partial charge on any atom is -0.356 e. The average molecular weight is 466 g/mol. The van der Waals surface area contributed by atoms with Gasteiger partial charge in [0.2, 0.25) is 0 Å². The Morgan fingerprint density at radius 3 is 2.44 bits per heavy atom. The molecule has 142 valence electrons. The van der Waals surface area contributed by atoms with E-state index in [2.05, 4.69) is 46.8 Å². The van der Waals surface area contributed by atoms with Gasteiger partial charge >= 0.3 is 0 Å². The molecule has 2 N–H and O–H groups in total. The molecule has 0 saturated carbocycles. The van der Waals surface area contributed by atoms with Crippen LogP contribution in [-0.4, -0.2) is 56.6 Å². The molecule has 1 aromatic carbocycles. The standard InChI is InChI=1S/C18H28F2N4.HI/c1-14-3-5-15(6-4-14)7-10-22-18(21-2)23-16-8-11-24(12-9-16)13-17(19)20;/h3-6,16-17H,7-13H2,1-2H3,(H2,21,22,23);1H.